The molecule has 0 aliphatic heterocycles. The first-order chi connectivity index (χ1) is 38.0. The molecule has 0 radical (unpaired) electrons. The van der Waals surface area contributed by atoms with E-state index in [0.29, 0.717) is 19.3 Å². The Bertz CT molecular complexity index is 1600. The van der Waals surface area contributed by atoms with Crippen molar-refractivity contribution in [1.29, 1.82) is 0 Å². The highest BCUT2D eigenvalue weighted by Gasteiger charge is 2.19. The maximum atomic E-state index is 12.9. The number of carbonyl (C=O) groups is 3. The van der Waals surface area contributed by atoms with Crippen LogP contribution < -0.4 is 0 Å². The number of allylic oxidation sites excluding steroid dienone is 20. The van der Waals surface area contributed by atoms with Crippen molar-refractivity contribution in [1.82, 2.24) is 0 Å². The Labute approximate surface area is 475 Å². The van der Waals surface area contributed by atoms with E-state index in [4.69, 9.17) is 14.2 Å². The predicted octanol–water partition coefficient (Wildman–Crippen LogP) is 22.0. The van der Waals surface area contributed by atoms with E-state index in [-0.39, 0.29) is 31.1 Å². The summed E-state index contributed by atoms with van der Waals surface area (Å²) in [5.74, 6) is -0.911. The maximum Gasteiger partial charge on any atom is 0.306 e. The van der Waals surface area contributed by atoms with Crippen LogP contribution in [0, 0.1) is 0 Å². The average Bonchev–Trinajstić information content (AvgIpc) is 3.43. The number of ether oxygens (including phenoxy) is 3. The van der Waals surface area contributed by atoms with E-state index in [1.807, 2.05) is 0 Å². The first kappa shape index (κ1) is 72.8. The van der Waals surface area contributed by atoms with Gasteiger partial charge in [0.15, 0.2) is 6.10 Å². The molecule has 0 fully saturated rings. The summed E-state index contributed by atoms with van der Waals surface area (Å²) in [6.45, 7) is 6.48. The van der Waals surface area contributed by atoms with Crippen molar-refractivity contribution in [3.05, 3.63) is 122 Å². The lowest BCUT2D eigenvalue weighted by Gasteiger charge is -2.18. The van der Waals surface area contributed by atoms with Gasteiger partial charge in [0.1, 0.15) is 13.2 Å². The summed E-state index contributed by atoms with van der Waals surface area (Å²) in [6, 6.07) is 0. The van der Waals surface area contributed by atoms with Crippen molar-refractivity contribution in [3.8, 4) is 0 Å². The van der Waals surface area contributed by atoms with E-state index >= 15 is 0 Å². The second-order valence-corrected chi connectivity index (χ2v) is 20.9. The molecule has 6 nitrogen and oxygen atoms in total. The molecule has 1 atom stereocenters. The molecule has 6 heteroatoms. The minimum atomic E-state index is -0.790. The summed E-state index contributed by atoms with van der Waals surface area (Å²) in [7, 11) is 0. The topological polar surface area (TPSA) is 78.9 Å². The molecule has 0 heterocycles. The molecule has 0 spiro atoms. The fraction of sp³-hybridized carbons (Fsp3) is 0.676. The van der Waals surface area contributed by atoms with Crippen LogP contribution in [0.5, 0.6) is 0 Å². The minimum absolute atomic E-state index is 0.0878. The lowest BCUT2D eigenvalue weighted by atomic mass is 10.0. The third kappa shape index (κ3) is 62.5. The zero-order valence-corrected chi connectivity index (χ0v) is 50.2. The Hall–Kier alpha value is -4.19. The fourth-order valence-corrected chi connectivity index (χ4v) is 8.65. The summed E-state index contributed by atoms with van der Waals surface area (Å²) in [5, 5.41) is 0. The molecule has 1 unspecified atom stereocenters. The normalized spacial score (nSPS) is 12.9. The van der Waals surface area contributed by atoms with Gasteiger partial charge in [0.05, 0.1) is 0 Å². The lowest BCUT2D eigenvalue weighted by molar-refractivity contribution is -0.167. The molecular weight excluding hydrogens is 949 g/mol. The van der Waals surface area contributed by atoms with E-state index < -0.39 is 6.10 Å². The highest BCUT2D eigenvalue weighted by molar-refractivity contribution is 5.71. The van der Waals surface area contributed by atoms with Gasteiger partial charge in [0.2, 0.25) is 0 Å². The molecule has 0 saturated carbocycles. The van der Waals surface area contributed by atoms with Gasteiger partial charge in [-0.15, -0.1) is 0 Å². The molecule has 0 N–H and O–H groups in total. The third-order valence-corrected chi connectivity index (χ3v) is 13.5. The van der Waals surface area contributed by atoms with Crippen LogP contribution in [0.25, 0.3) is 0 Å². The molecule has 0 rings (SSSR count). The summed E-state index contributed by atoms with van der Waals surface area (Å²) in [6.07, 6.45) is 89.2. The van der Waals surface area contributed by atoms with Crippen molar-refractivity contribution < 1.29 is 28.6 Å². The van der Waals surface area contributed by atoms with Gasteiger partial charge in [-0.1, -0.05) is 284 Å². The minimum Gasteiger partial charge on any atom is -0.462 e. The molecule has 0 aromatic rings. The zero-order chi connectivity index (χ0) is 55.7. The molecule has 77 heavy (non-hydrogen) atoms. The second-order valence-electron chi connectivity index (χ2n) is 20.9. The summed E-state index contributed by atoms with van der Waals surface area (Å²) in [4.78, 5) is 38.2. The van der Waals surface area contributed by atoms with Gasteiger partial charge >= 0.3 is 17.9 Å². The van der Waals surface area contributed by atoms with Crippen LogP contribution in [0.1, 0.15) is 290 Å². The maximum absolute atomic E-state index is 12.9. The van der Waals surface area contributed by atoms with Gasteiger partial charge in [-0.3, -0.25) is 14.4 Å². The molecule has 0 aliphatic carbocycles. The standard InChI is InChI=1S/C71H118O6/c1-4-7-10-13-16-19-22-24-26-27-28-29-30-31-32-33-34-35-36-37-38-39-40-41-42-43-45-46-49-52-55-58-61-64-70(73)76-67-68(66-75-69(72)63-60-57-54-51-48-21-18-15-12-9-6-3)77-71(74)65-62-59-56-53-50-47-44-25-23-20-17-14-11-8-5-2/h7,10,15-16,18-19,24,26,28-29,31-32,34-35,37-38,40-41,43,45,68H,4-6,8-9,11-14,17,20-23,25,27,30,33,36,39,42,44,46-67H2,1-3H3/b10-7-,18-15-,19-16-,26-24-,29-28-,32-31-,35-34-,38-37-,41-40-,45-43-. The van der Waals surface area contributed by atoms with E-state index in [9.17, 15) is 14.4 Å². The molecule has 0 bridgehead atoms. The number of unbranched alkanes of at least 4 members (excludes halogenated alkanes) is 26. The molecule has 0 amide bonds. The van der Waals surface area contributed by atoms with Crippen molar-refractivity contribution in [2.45, 2.75) is 297 Å². The van der Waals surface area contributed by atoms with Crippen LogP contribution in [0.3, 0.4) is 0 Å². The zero-order valence-electron chi connectivity index (χ0n) is 50.2. The van der Waals surface area contributed by atoms with Crippen LogP contribution >= 0.6 is 0 Å². The van der Waals surface area contributed by atoms with Crippen LogP contribution in [0.15, 0.2) is 122 Å². The van der Waals surface area contributed by atoms with Crippen LogP contribution in [-0.4, -0.2) is 37.2 Å². The van der Waals surface area contributed by atoms with Gasteiger partial charge in [-0.2, -0.15) is 0 Å². The first-order valence-electron chi connectivity index (χ1n) is 32.0. The molecule has 0 saturated heterocycles. The highest BCUT2D eigenvalue weighted by Crippen LogP contribution is 2.16. The smallest absolute Gasteiger partial charge is 0.306 e. The quantitative estimate of drug-likeness (QED) is 0.0261. The van der Waals surface area contributed by atoms with Gasteiger partial charge < -0.3 is 14.2 Å². The van der Waals surface area contributed by atoms with Gasteiger partial charge in [0, 0.05) is 19.3 Å². The average molecular weight is 1070 g/mol. The molecule has 0 aromatic heterocycles. The van der Waals surface area contributed by atoms with Gasteiger partial charge in [-0.05, 0) is 109 Å². The number of esters is 3. The molecule has 438 valence electrons. The van der Waals surface area contributed by atoms with Crippen LogP contribution in [0.4, 0.5) is 0 Å². The predicted molar refractivity (Wildman–Crippen MR) is 334 cm³/mol. The number of hydrogen-bond acceptors (Lipinski definition) is 6. The van der Waals surface area contributed by atoms with Crippen molar-refractivity contribution in [3.63, 3.8) is 0 Å². The van der Waals surface area contributed by atoms with E-state index in [0.717, 1.165) is 141 Å². The molecular formula is C71H118O6. The Morgan fingerprint density at radius 3 is 0.844 bits per heavy atom. The first-order valence-corrected chi connectivity index (χ1v) is 32.0. The monoisotopic (exact) mass is 1070 g/mol. The number of hydrogen-bond donors (Lipinski definition) is 0. The Kier molecular flexibility index (Phi) is 60.8. The largest absolute Gasteiger partial charge is 0.462 e. The second kappa shape index (κ2) is 64.3. The third-order valence-electron chi connectivity index (χ3n) is 13.5. The van der Waals surface area contributed by atoms with Crippen molar-refractivity contribution in [2.75, 3.05) is 13.2 Å². The Morgan fingerprint density at radius 1 is 0.273 bits per heavy atom. The number of carbonyl (C=O) groups excluding carboxylic acids is 3. The SMILES string of the molecule is CC/C=C\C/C=C\C/C=C\C/C=C\C/C=C\C/C=C\C/C=C\C/C=C\C/C=C\CCCCCCCC(=O)OCC(COC(=O)CCCCCCC/C=C\CCCC)OC(=O)CCCCCCCCCCCCCCCCC. The van der Waals surface area contributed by atoms with Crippen LogP contribution in [-0.2, 0) is 28.6 Å². The summed E-state index contributed by atoms with van der Waals surface area (Å²) < 4.78 is 16.9. The molecule has 0 aromatic carbocycles. The van der Waals surface area contributed by atoms with Gasteiger partial charge in [0.25, 0.3) is 0 Å². The van der Waals surface area contributed by atoms with E-state index in [2.05, 4.69) is 142 Å². The fourth-order valence-electron chi connectivity index (χ4n) is 8.65. The van der Waals surface area contributed by atoms with Crippen molar-refractivity contribution >= 4 is 17.9 Å². The van der Waals surface area contributed by atoms with E-state index in [1.165, 1.54) is 109 Å². The van der Waals surface area contributed by atoms with E-state index in [1.54, 1.807) is 0 Å². The van der Waals surface area contributed by atoms with Gasteiger partial charge in [-0.25, -0.2) is 0 Å². The summed E-state index contributed by atoms with van der Waals surface area (Å²) >= 11 is 0. The summed E-state index contributed by atoms with van der Waals surface area (Å²) in [5.41, 5.74) is 0. The van der Waals surface area contributed by atoms with Crippen molar-refractivity contribution in [2.24, 2.45) is 0 Å². The highest BCUT2D eigenvalue weighted by atomic mass is 16.6. The lowest BCUT2D eigenvalue weighted by Crippen LogP contribution is -2.30. The van der Waals surface area contributed by atoms with Crippen LogP contribution in [0.2, 0.25) is 0 Å². The Balaban J connectivity index is 4.27. The Morgan fingerprint density at radius 2 is 0.519 bits per heavy atom. The number of rotatable bonds is 57. The molecule has 0 aliphatic rings.